The molecule has 0 aliphatic carbocycles. The highest BCUT2D eigenvalue weighted by Gasteiger charge is 2.11. The van der Waals surface area contributed by atoms with Gasteiger partial charge in [0.25, 0.3) is 0 Å². The first-order valence-corrected chi connectivity index (χ1v) is 7.14. The zero-order valence-electron chi connectivity index (χ0n) is 11.1. The molecule has 0 unspecified atom stereocenters. The molecule has 0 bridgehead atoms. The highest BCUT2D eigenvalue weighted by molar-refractivity contribution is 7.11. The van der Waals surface area contributed by atoms with E-state index in [4.69, 9.17) is 11.6 Å². The summed E-state index contributed by atoms with van der Waals surface area (Å²) in [5.74, 6) is -0.0304. The van der Waals surface area contributed by atoms with E-state index in [1.165, 1.54) is 0 Å². The predicted molar refractivity (Wildman–Crippen MR) is 80.1 cm³/mol. The molecule has 0 aliphatic rings. The Balaban J connectivity index is 2.07. The number of aromatic nitrogens is 1. The van der Waals surface area contributed by atoms with Crippen molar-refractivity contribution in [1.29, 1.82) is 0 Å². The summed E-state index contributed by atoms with van der Waals surface area (Å²) in [6.45, 7) is 5.80. The Bertz CT molecular complexity index is 622. The lowest BCUT2D eigenvalue weighted by Crippen LogP contribution is -2.15. The van der Waals surface area contributed by atoms with Gasteiger partial charge in [0.1, 0.15) is 0 Å². The molecule has 1 aromatic carbocycles. The van der Waals surface area contributed by atoms with Gasteiger partial charge in [0.2, 0.25) is 5.91 Å². The van der Waals surface area contributed by atoms with Gasteiger partial charge < -0.3 is 5.32 Å². The largest absolute Gasteiger partial charge is 0.326 e. The molecule has 1 amide bonds. The highest BCUT2D eigenvalue weighted by Crippen LogP contribution is 2.21. The van der Waals surface area contributed by atoms with E-state index in [2.05, 4.69) is 10.3 Å². The maximum absolute atomic E-state index is 12.0. The number of benzene rings is 1. The predicted octanol–water partition coefficient (Wildman–Crippen LogP) is 3.90. The van der Waals surface area contributed by atoms with Crippen molar-refractivity contribution in [3.05, 3.63) is 44.4 Å². The van der Waals surface area contributed by atoms with E-state index >= 15 is 0 Å². The summed E-state index contributed by atoms with van der Waals surface area (Å²) < 4.78 is 0. The molecule has 0 fully saturated rings. The Morgan fingerprint density at radius 3 is 2.68 bits per heavy atom. The van der Waals surface area contributed by atoms with E-state index in [0.29, 0.717) is 11.4 Å². The number of hydrogen-bond donors (Lipinski definition) is 1. The van der Waals surface area contributed by atoms with Crippen molar-refractivity contribution in [2.24, 2.45) is 0 Å². The van der Waals surface area contributed by atoms with E-state index in [1.807, 2.05) is 32.9 Å². The number of aryl methyl sites for hydroxylation is 3. The quantitative estimate of drug-likeness (QED) is 0.933. The standard InChI is InChI=1S/C14H15ClN2OS/c1-8-6-11(15)4-5-12(8)17-14(18)7-13-9(2)16-10(3)19-13/h4-6H,7H2,1-3H3,(H,17,18). The van der Waals surface area contributed by atoms with E-state index in [-0.39, 0.29) is 5.91 Å². The summed E-state index contributed by atoms with van der Waals surface area (Å²) in [6.07, 6.45) is 0.361. The van der Waals surface area contributed by atoms with Crippen molar-refractivity contribution in [3.8, 4) is 0 Å². The minimum absolute atomic E-state index is 0.0304. The zero-order valence-corrected chi connectivity index (χ0v) is 12.7. The molecule has 0 radical (unpaired) electrons. The van der Waals surface area contributed by atoms with Crippen LogP contribution in [0, 0.1) is 20.8 Å². The molecule has 1 aromatic heterocycles. The Morgan fingerprint density at radius 1 is 1.37 bits per heavy atom. The average Bonchev–Trinajstić information content (AvgIpc) is 2.61. The molecule has 5 heteroatoms. The molecule has 0 saturated heterocycles. The molecule has 1 N–H and O–H groups in total. The van der Waals surface area contributed by atoms with Crippen LogP contribution >= 0.6 is 22.9 Å². The van der Waals surface area contributed by atoms with Gasteiger partial charge in [-0.2, -0.15) is 0 Å². The third kappa shape index (κ3) is 3.55. The number of halogens is 1. The van der Waals surface area contributed by atoms with Crippen molar-refractivity contribution in [2.75, 3.05) is 5.32 Å². The second-order valence-electron chi connectivity index (χ2n) is 4.43. The van der Waals surface area contributed by atoms with Crippen LogP contribution in [0.2, 0.25) is 5.02 Å². The Labute approximate surface area is 121 Å². The van der Waals surface area contributed by atoms with Gasteiger partial charge in [-0.25, -0.2) is 4.98 Å². The van der Waals surface area contributed by atoms with Gasteiger partial charge in [-0.1, -0.05) is 11.6 Å². The average molecular weight is 295 g/mol. The van der Waals surface area contributed by atoms with Crippen LogP contribution in [-0.4, -0.2) is 10.9 Å². The topological polar surface area (TPSA) is 42.0 Å². The lowest BCUT2D eigenvalue weighted by molar-refractivity contribution is -0.115. The van der Waals surface area contributed by atoms with Crippen molar-refractivity contribution in [1.82, 2.24) is 4.98 Å². The normalized spacial score (nSPS) is 10.5. The first-order valence-electron chi connectivity index (χ1n) is 5.94. The van der Waals surface area contributed by atoms with E-state index in [1.54, 1.807) is 17.4 Å². The summed E-state index contributed by atoms with van der Waals surface area (Å²) in [5, 5.41) is 4.56. The molecule has 2 aromatic rings. The number of carbonyl (C=O) groups is 1. The van der Waals surface area contributed by atoms with Crippen LogP contribution in [0.4, 0.5) is 5.69 Å². The molecule has 0 saturated carbocycles. The van der Waals surface area contributed by atoms with E-state index in [9.17, 15) is 4.79 Å². The van der Waals surface area contributed by atoms with Gasteiger partial charge in [-0.15, -0.1) is 11.3 Å². The summed E-state index contributed by atoms with van der Waals surface area (Å²) in [7, 11) is 0. The maximum Gasteiger partial charge on any atom is 0.229 e. The number of nitrogens with one attached hydrogen (secondary N) is 1. The Kier molecular flexibility index (Phi) is 4.22. The van der Waals surface area contributed by atoms with Gasteiger partial charge >= 0.3 is 0 Å². The molecular weight excluding hydrogens is 280 g/mol. The number of thiazole rings is 1. The minimum atomic E-state index is -0.0304. The van der Waals surface area contributed by atoms with Gasteiger partial charge in [0, 0.05) is 15.6 Å². The molecule has 0 spiro atoms. The molecule has 3 nitrogen and oxygen atoms in total. The Morgan fingerprint density at radius 2 is 2.11 bits per heavy atom. The van der Waals surface area contributed by atoms with Crippen molar-refractivity contribution in [2.45, 2.75) is 27.2 Å². The lowest BCUT2D eigenvalue weighted by atomic mass is 10.2. The molecule has 2 rings (SSSR count). The molecular formula is C14H15ClN2OS. The zero-order chi connectivity index (χ0) is 14.0. The minimum Gasteiger partial charge on any atom is -0.326 e. The monoisotopic (exact) mass is 294 g/mol. The number of anilines is 1. The van der Waals surface area contributed by atoms with Crippen LogP contribution in [-0.2, 0) is 11.2 Å². The van der Waals surface area contributed by atoms with E-state index in [0.717, 1.165) is 26.8 Å². The second kappa shape index (κ2) is 5.72. The van der Waals surface area contributed by atoms with Crippen molar-refractivity contribution >= 4 is 34.5 Å². The van der Waals surface area contributed by atoms with Gasteiger partial charge in [-0.05, 0) is 44.5 Å². The summed E-state index contributed by atoms with van der Waals surface area (Å²) in [5.41, 5.74) is 2.69. The maximum atomic E-state index is 12.0. The number of amides is 1. The molecule has 0 aliphatic heterocycles. The highest BCUT2D eigenvalue weighted by atomic mass is 35.5. The lowest BCUT2D eigenvalue weighted by Gasteiger charge is -2.08. The summed E-state index contributed by atoms with van der Waals surface area (Å²) in [4.78, 5) is 17.4. The first-order chi connectivity index (χ1) is 8.95. The number of hydrogen-bond acceptors (Lipinski definition) is 3. The van der Waals surface area contributed by atoms with Crippen LogP contribution in [0.15, 0.2) is 18.2 Å². The van der Waals surface area contributed by atoms with Gasteiger partial charge in [-0.3, -0.25) is 4.79 Å². The number of rotatable bonds is 3. The van der Waals surface area contributed by atoms with Crippen LogP contribution < -0.4 is 5.32 Å². The van der Waals surface area contributed by atoms with Crippen molar-refractivity contribution < 1.29 is 4.79 Å². The molecule has 0 atom stereocenters. The third-order valence-electron chi connectivity index (χ3n) is 2.78. The number of carbonyl (C=O) groups excluding carboxylic acids is 1. The van der Waals surface area contributed by atoms with E-state index < -0.39 is 0 Å². The summed E-state index contributed by atoms with van der Waals surface area (Å²) >= 11 is 7.45. The first kappa shape index (κ1) is 14.0. The molecule has 1 heterocycles. The van der Waals surface area contributed by atoms with Crippen LogP contribution in [0.25, 0.3) is 0 Å². The smallest absolute Gasteiger partial charge is 0.229 e. The molecule has 19 heavy (non-hydrogen) atoms. The fraction of sp³-hybridized carbons (Fsp3) is 0.286. The number of nitrogens with zero attached hydrogens (tertiary/aromatic N) is 1. The van der Waals surface area contributed by atoms with Crippen molar-refractivity contribution in [3.63, 3.8) is 0 Å². The van der Waals surface area contributed by atoms with Gasteiger partial charge in [0.15, 0.2) is 0 Å². The fourth-order valence-corrected chi connectivity index (χ4v) is 3.01. The van der Waals surface area contributed by atoms with Crippen LogP contribution in [0.5, 0.6) is 0 Å². The van der Waals surface area contributed by atoms with Crippen LogP contribution in [0.1, 0.15) is 21.1 Å². The van der Waals surface area contributed by atoms with Gasteiger partial charge in [0.05, 0.1) is 17.1 Å². The fourth-order valence-electron chi connectivity index (χ4n) is 1.85. The van der Waals surface area contributed by atoms with Crippen LogP contribution in [0.3, 0.4) is 0 Å². The SMILES string of the molecule is Cc1nc(C)c(CC(=O)Nc2ccc(Cl)cc2C)s1. The third-order valence-corrected chi connectivity index (χ3v) is 4.09. The summed E-state index contributed by atoms with van der Waals surface area (Å²) in [6, 6.07) is 5.42. The second-order valence-corrected chi connectivity index (χ2v) is 6.15. The Hall–Kier alpha value is -1.39. The molecule has 100 valence electrons.